The van der Waals surface area contributed by atoms with Crippen molar-refractivity contribution in [1.82, 2.24) is 0 Å². The molecule has 2 N–H and O–H groups in total. The second-order valence-corrected chi connectivity index (χ2v) is 4.66. The molecule has 2 nitrogen and oxygen atoms in total. The lowest BCUT2D eigenvalue weighted by Gasteiger charge is -2.14. The molecule has 0 atom stereocenters. The van der Waals surface area contributed by atoms with Crippen LogP contribution < -0.4 is 5.73 Å². The van der Waals surface area contributed by atoms with Gasteiger partial charge in [0.25, 0.3) is 0 Å². The average molecular weight is 239 g/mol. The van der Waals surface area contributed by atoms with Gasteiger partial charge in [-0.3, -0.25) is 4.79 Å². The van der Waals surface area contributed by atoms with Crippen LogP contribution in [0.4, 0.5) is 0 Å². The van der Waals surface area contributed by atoms with Crippen molar-refractivity contribution in [2.24, 2.45) is 5.73 Å². The van der Waals surface area contributed by atoms with Crippen LogP contribution in [0.3, 0.4) is 0 Å². The largest absolute Gasteiger partial charge is 0.369 e. The fraction of sp³-hybridized carbons (Fsp3) is 0.188. The first-order chi connectivity index (χ1) is 8.58. The summed E-state index contributed by atoms with van der Waals surface area (Å²) < 4.78 is 0. The Labute approximate surface area is 107 Å². The maximum atomic E-state index is 11.7. The van der Waals surface area contributed by atoms with E-state index in [2.05, 4.69) is 0 Å². The summed E-state index contributed by atoms with van der Waals surface area (Å²) in [5.74, 6) is -0.686. The predicted molar refractivity (Wildman–Crippen MR) is 73.4 cm³/mol. The summed E-state index contributed by atoms with van der Waals surface area (Å²) in [5, 5.41) is 0. The van der Waals surface area contributed by atoms with E-state index in [9.17, 15) is 4.79 Å². The molecule has 0 aliphatic carbocycles. The molecule has 0 bridgehead atoms. The van der Waals surface area contributed by atoms with Crippen molar-refractivity contribution in [3.05, 3.63) is 70.8 Å². The Bertz CT molecular complexity index is 495. The van der Waals surface area contributed by atoms with Crippen molar-refractivity contribution in [2.45, 2.75) is 19.8 Å². The highest BCUT2D eigenvalue weighted by Gasteiger charge is 2.19. The quantitative estimate of drug-likeness (QED) is 0.879. The van der Waals surface area contributed by atoms with Gasteiger partial charge in [-0.25, -0.2) is 0 Å². The summed E-state index contributed by atoms with van der Waals surface area (Å²) in [6.45, 7) is 4.05. The lowest BCUT2D eigenvalue weighted by Crippen LogP contribution is -2.22. The molecule has 0 saturated heterocycles. The van der Waals surface area contributed by atoms with E-state index < -0.39 is 0 Å². The third-order valence-corrected chi connectivity index (χ3v) is 3.11. The number of nitrogens with two attached hydrogens (primary N) is 1. The molecule has 0 aromatic heterocycles. The van der Waals surface area contributed by atoms with Crippen molar-refractivity contribution in [3.63, 3.8) is 0 Å². The highest BCUT2D eigenvalue weighted by atomic mass is 16.1. The molecule has 2 aromatic carbocycles. The van der Waals surface area contributed by atoms with E-state index in [1.807, 2.05) is 62.4 Å². The van der Waals surface area contributed by atoms with Crippen molar-refractivity contribution in [2.75, 3.05) is 0 Å². The van der Waals surface area contributed by atoms with Crippen LogP contribution >= 0.6 is 0 Å². The Morgan fingerprint density at radius 3 is 1.44 bits per heavy atom. The Morgan fingerprint density at radius 2 is 1.17 bits per heavy atom. The number of rotatable bonds is 3. The summed E-state index contributed by atoms with van der Waals surface area (Å²) in [6.07, 6.45) is 0. The summed E-state index contributed by atoms with van der Waals surface area (Å²) in [7, 11) is 0. The number of carbonyl (C=O) groups is 1. The number of aryl methyl sites for hydroxylation is 2. The van der Waals surface area contributed by atoms with Crippen LogP contribution in [0.2, 0.25) is 0 Å². The standard InChI is InChI=1S/C16H17NO/c1-11-3-7-13(8-4-11)15(16(17)18)14-9-5-12(2)6-10-14/h3-10,15H,1-2H3,(H2,17,18). The van der Waals surface area contributed by atoms with Gasteiger partial charge in [0.1, 0.15) is 0 Å². The fourth-order valence-corrected chi connectivity index (χ4v) is 2.04. The maximum Gasteiger partial charge on any atom is 0.229 e. The Morgan fingerprint density at radius 1 is 0.833 bits per heavy atom. The van der Waals surface area contributed by atoms with Crippen LogP contribution in [-0.4, -0.2) is 5.91 Å². The average Bonchev–Trinajstić information content (AvgIpc) is 2.34. The molecule has 0 unspecified atom stereocenters. The Kier molecular flexibility index (Phi) is 3.47. The summed E-state index contributed by atoms with van der Waals surface area (Å²) in [6, 6.07) is 15.8. The monoisotopic (exact) mass is 239 g/mol. The van der Waals surface area contributed by atoms with Gasteiger partial charge in [-0.2, -0.15) is 0 Å². The smallest absolute Gasteiger partial charge is 0.229 e. The maximum absolute atomic E-state index is 11.7. The zero-order valence-corrected chi connectivity index (χ0v) is 10.7. The molecule has 92 valence electrons. The third kappa shape index (κ3) is 2.59. The number of hydrogen-bond donors (Lipinski definition) is 1. The number of hydrogen-bond acceptors (Lipinski definition) is 1. The molecule has 0 aliphatic rings. The SMILES string of the molecule is Cc1ccc(C(C(N)=O)c2ccc(C)cc2)cc1. The zero-order chi connectivity index (χ0) is 13.1. The third-order valence-electron chi connectivity index (χ3n) is 3.11. The van der Waals surface area contributed by atoms with Crippen LogP contribution in [0.25, 0.3) is 0 Å². The van der Waals surface area contributed by atoms with Gasteiger partial charge in [0.05, 0.1) is 5.92 Å². The minimum Gasteiger partial charge on any atom is -0.369 e. The van der Waals surface area contributed by atoms with Gasteiger partial charge in [0, 0.05) is 0 Å². The van der Waals surface area contributed by atoms with Crippen molar-refractivity contribution in [1.29, 1.82) is 0 Å². The molecular formula is C16H17NO. The lowest BCUT2D eigenvalue weighted by molar-refractivity contribution is -0.118. The molecule has 0 aliphatic heterocycles. The van der Waals surface area contributed by atoms with E-state index >= 15 is 0 Å². The molecule has 18 heavy (non-hydrogen) atoms. The van der Waals surface area contributed by atoms with Crippen molar-refractivity contribution in [3.8, 4) is 0 Å². The van der Waals surface area contributed by atoms with E-state index in [0.29, 0.717) is 0 Å². The van der Waals surface area contributed by atoms with Crippen LogP contribution in [0.15, 0.2) is 48.5 Å². The topological polar surface area (TPSA) is 43.1 Å². The summed E-state index contributed by atoms with van der Waals surface area (Å²) in [4.78, 5) is 11.7. The van der Waals surface area contributed by atoms with Gasteiger partial charge >= 0.3 is 0 Å². The van der Waals surface area contributed by atoms with Gasteiger partial charge in [0.2, 0.25) is 5.91 Å². The van der Waals surface area contributed by atoms with Gasteiger partial charge in [-0.15, -0.1) is 0 Å². The second-order valence-electron chi connectivity index (χ2n) is 4.66. The van der Waals surface area contributed by atoms with Gasteiger partial charge < -0.3 is 5.73 Å². The molecule has 0 radical (unpaired) electrons. The number of primary amides is 1. The van der Waals surface area contributed by atoms with Gasteiger partial charge in [-0.1, -0.05) is 59.7 Å². The number of amides is 1. The number of carbonyl (C=O) groups excluding carboxylic acids is 1. The highest BCUT2D eigenvalue weighted by Crippen LogP contribution is 2.24. The first kappa shape index (κ1) is 12.4. The minimum absolute atomic E-state index is 0.317. The first-order valence-electron chi connectivity index (χ1n) is 6.00. The van der Waals surface area contributed by atoms with E-state index in [4.69, 9.17) is 5.73 Å². The van der Waals surface area contributed by atoms with E-state index in [1.165, 1.54) is 11.1 Å². The Balaban J connectivity index is 2.43. The molecule has 2 heteroatoms. The van der Waals surface area contributed by atoms with Crippen LogP contribution in [0.5, 0.6) is 0 Å². The molecule has 2 aromatic rings. The number of benzene rings is 2. The summed E-state index contributed by atoms with van der Waals surface area (Å²) >= 11 is 0. The normalized spacial score (nSPS) is 10.6. The van der Waals surface area contributed by atoms with Gasteiger partial charge in [-0.05, 0) is 25.0 Å². The molecule has 0 spiro atoms. The van der Waals surface area contributed by atoms with Crippen LogP contribution in [-0.2, 0) is 4.79 Å². The fourth-order valence-electron chi connectivity index (χ4n) is 2.04. The molecule has 0 saturated carbocycles. The van der Waals surface area contributed by atoms with E-state index in [-0.39, 0.29) is 11.8 Å². The Hall–Kier alpha value is -2.09. The highest BCUT2D eigenvalue weighted by molar-refractivity contribution is 5.85. The molecule has 1 amide bonds. The molecule has 0 fully saturated rings. The second kappa shape index (κ2) is 5.05. The lowest BCUT2D eigenvalue weighted by atomic mass is 9.90. The summed E-state index contributed by atoms with van der Waals surface area (Å²) in [5.41, 5.74) is 9.77. The molecule has 2 rings (SSSR count). The van der Waals surface area contributed by atoms with Crippen LogP contribution in [0.1, 0.15) is 28.2 Å². The van der Waals surface area contributed by atoms with Crippen molar-refractivity contribution < 1.29 is 4.79 Å². The molecular weight excluding hydrogens is 222 g/mol. The van der Waals surface area contributed by atoms with E-state index in [0.717, 1.165) is 11.1 Å². The van der Waals surface area contributed by atoms with E-state index in [1.54, 1.807) is 0 Å². The minimum atomic E-state index is -0.369. The molecule has 0 heterocycles. The first-order valence-corrected chi connectivity index (χ1v) is 6.00. The zero-order valence-electron chi connectivity index (χ0n) is 10.7. The predicted octanol–water partition coefficient (Wildman–Crippen LogP) is 2.92. The van der Waals surface area contributed by atoms with Crippen molar-refractivity contribution >= 4 is 5.91 Å². The van der Waals surface area contributed by atoms with Gasteiger partial charge in [0.15, 0.2) is 0 Å². The van der Waals surface area contributed by atoms with Crippen LogP contribution in [0, 0.1) is 13.8 Å².